The Kier molecular flexibility index (Phi) is 6.60. The van der Waals surface area contributed by atoms with Gasteiger partial charge in [0, 0.05) is 6.04 Å². The highest BCUT2D eigenvalue weighted by molar-refractivity contribution is 5.25. The van der Waals surface area contributed by atoms with Crippen LogP contribution < -0.4 is 5.32 Å². The molecule has 1 rings (SSSR count). The molecule has 0 radical (unpaired) electrons. The molecule has 0 aliphatic carbocycles. The maximum Gasteiger partial charge on any atom is 0.0676 e. The molecule has 1 aromatic rings. The van der Waals surface area contributed by atoms with Gasteiger partial charge in [0.1, 0.15) is 0 Å². The minimum atomic E-state index is 0.369. The number of aryl methyl sites for hydroxylation is 2. The first-order valence-electron chi connectivity index (χ1n) is 7.94. The predicted octanol–water partition coefficient (Wildman–Crippen LogP) is 4.21. The van der Waals surface area contributed by atoms with Crippen molar-refractivity contribution in [1.29, 1.82) is 0 Å². The molecule has 0 saturated heterocycles. The molecule has 3 heteroatoms. The van der Waals surface area contributed by atoms with E-state index in [4.69, 9.17) is 0 Å². The van der Waals surface area contributed by atoms with Gasteiger partial charge in [-0.15, -0.1) is 0 Å². The lowest BCUT2D eigenvalue weighted by molar-refractivity contribution is 0.331. The fourth-order valence-corrected chi connectivity index (χ4v) is 2.37. The van der Waals surface area contributed by atoms with Crippen LogP contribution in [-0.4, -0.2) is 16.7 Å². The van der Waals surface area contributed by atoms with Gasteiger partial charge in [-0.3, -0.25) is 0 Å². The van der Waals surface area contributed by atoms with E-state index in [1.54, 1.807) is 0 Å². The van der Waals surface area contributed by atoms with E-state index in [-0.39, 0.29) is 0 Å². The van der Waals surface area contributed by atoms with Gasteiger partial charge in [-0.1, -0.05) is 34.6 Å². The number of hydrogen-bond donors (Lipinski definition) is 1. The van der Waals surface area contributed by atoms with Crippen LogP contribution in [0.25, 0.3) is 0 Å². The molecule has 0 saturated carbocycles. The van der Waals surface area contributed by atoms with Crippen LogP contribution in [0.1, 0.15) is 76.9 Å². The smallest absolute Gasteiger partial charge is 0.0676 e. The molecule has 0 spiro atoms. The fourth-order valence-electron chi connectivity index (χ4n) is 2.37. The van der Waals surface area contributed by atoms with Crippen molar-refractivity contribution in [3.63, 3.8) is 0 Å². The number of aromatic nitrogens is 2. The van der Waals surface area contributed by atoms with Crippen molar-refractivity contribution in [2.75, 3.05) is 6.54 Å². The summed E-state index contributed by atoms with van der Waals surface area (Å²) in [5, 5.41) is 12.3. The van der Waals surface area contributed by atoms with E-state index in [1.807, 2.05) is 6.92 Å². The van der Waals surface area contributed by atoms with Gasteiger partial charge in [0.2, 0.25) is 0 Å². The van der Waals surface area contributed by atoms with Crippen molar-refractivity contribution in [1.82, 2.24) is 15.5 Å². The monoisotopic (exact) mass is 277 g/mol. The molecule has 0 aromatic carbocycles. The summed E-state index contributed by atoms with van der Waals surface area (Å²) in [4.78, 5) is 0. The molecule has 1 heterocycles. The molecular formula is C17H31N3. The van der Waals surface area contributed by atoms with Gasteiger partial charge in [0.05, 0.1) is 11.4 Å². The summed E-state index contributed by atoms with van der Waals surface area (Å²) in [6.45, 7) is 14.4. The third-order valence-corrected chi connectivity index (χ3v) is 3.56. The highest BCUT2D eigenvalue weighted by Gasteiger charge is 2.19. The highest BCUT2D eigenvalue weighted by Crippen LogP contribution is 2.28. The number of nitrogens with one attached hydrogen (secondary N) is 1. The van der Waals surface area contributed by atoms with Crippen LogP contribution in [0.15, 0.2) is 6.07 Å². The molecule has 3 nitrogen and oxygen atoms in total. The van der Waals surface area contributed by atoms with E-state index in [0.717, 1.165) is 37.2 Å². The van der Waals surface area contributed by atoms with Crippen molar-refractivity contribution < 1.29 is 0 Å². The van der Waals surface area contributed by atoms with E-state index in [2.05, 4.69) is 56.2 Å². The molecule has 114 valence electrons. The first kappa shape index (κ1) is 17.1. The highest BCUT2D eigenvalue weighted by atomic mass is 15.1. The lowest BCUT2D eigenvalue weighted by Gasteiger charge is -2.25. The van der Waals surface area contributed by atoms with Crippen LogP contribution in [0, 0.1) is 12.3 Å². The van der Waals surface area contributed by atoms with Crippen LogP contribution in [0.2, 0.25) is 0 Å². The zero-order chi connectivity index (χ0) is 15.2. The van der Waals surface area contributed by atoms with Gasteiger partial charge in [0.25, 0.3) is 0 Å². The quantitative estimate of drug-likeness (QED) is 0.811. The average molecular weight is 277 g/mol. The third-order valence-electron chi connectivity index (χ3n) is 3.56. The molecule has 1 unspecified atom stereocenters. The lowest BCUT2D eigenvalue weighted by atomic mass is 9.86. The minimum absolute atomic E-state index is 0.369. The normalized spacial score (nSPS) is 13.5. The van der Waals surface area contributed by atoms with Gasteiger partial charge >= 0.3 is 0 Å². The summed E-state index contributed by atoms with van der Waals surface area (Å²) in [5.74, 6) is 0. The second-order valence-electron chi connectivity index (χ2n) is 6.85. The van der Waals surface area contributed by atoms with Crippen LogP contribution >= 0.6 is 0 Å². The molecule has 0 aliphatic heterocycles. The Labute approximate surface area is 124 Å². The van der Waals surface area contributed by atoms with Crippen LogP contribution in [-0.2, 0) is 6.42 Å². The Balaban J connectivity index is 2.94. The van der Waals surface area contributed by atoms with Crippen LogP contribution in [0.5, 0.6) is 0 Å². The Bertz CT molecular complexity index is 407. The standard InChI is InChI=1S/C17H31N3/c1-7-11-18-16(9-10-17(4,5)6)14-12-13(3)19-20-15(14)8-2/h12,16,18H,7-11H2,1-6H3. The first-order chi connectivity index (χ1) is 9.37. The second kappa shape index (κ2) is 7.72. The van der Waals surface area contributed by atoms with E-state index in [0.29, 0.717) is 11.5 Å². The fraction of sp³-hybridized carbons (Fsp3) is 0.765. The lowest BCUT2D eigenvalue weighted by Crippen LogP contribution is -2.25. The number of nitrogens with zero attached hydrogens (tertiary/aromatic N) is 2. The third kappa shape index (κ3) is 5.58. The molecule has 1 atom stereocenters. The maximum atomic E-state index is 4.38. The number of rotatable bonds is 7. The zero-order valence-electron chi connectivity index (χ0n) is 14.1. The van der Waals surface area contributed by atoms with Crippen LogP contribution in [0.4, 0.5) is 0 Å². The summed E-state index contributed by atoms with van der Waals surface area (Å²) in [6, 6.07) is 2.61. The van der Waals surface area contributed by atoms with Gasteiger partial charge in [-0.2, -0.15) is 10.2 Å². The Morgan fingerprint density at radius 1 is 1.20 bits per heavy atom. The van der Waals surface area contributed by atoms with Crippen molar-refractivity contribution in [2.45, 2.75) is 73.3 Å². The summed E-state index contributed by atoms with van der Waals surface area (Å²) < 4.78 is 0. The SMILES string of the molecule is CCCNC(CCC(C)(C)C)c1cc(C)nnc1CC. The Morgan fingerprint density at radius 2 is 1.90 bits per heavy atom. The van der Waals surface area contributed by atoms with Gasteiger partial charge in [-0.05, 0) is 56.2 Å². The van der Waals surface area contributed by atoms with E-state index < -0.39 is 0 Å². The molecular weight excluding hydrogens is 246 g/mol. The molecule has 0 aliphatic rings. The number of hydrogen-bond acceptors (Lipinski definition) is 3. The van der Waals surface area contributed by atoms with Crippen molar-refractivity contribution in [3.05, 3.63) is 23.0 Å². The Hall–Kier alpha value is -0.960. The molecule has 1 N–H and O–H groups in total. The molecule has 20 heavy (non-hydrogen) atoms. The summed E-state index contributed by atoms with van der Waals surface area (Å²) >= 11 is 0. The topological polar surface area (TPSA) is 37.8 Å². The second-order valence-corrected chi connectivity index (χ2v) is 6.85. The molecule has 1 aromatic heterocycles. The minimum Gasteiger partial charge on any atom is -0.310 e. The predicted molar refractivity (Wildman–Crippen MR) is 85.9 cm³/mol. The van der Waals surface area contributed by atoms with Crippen LogP contribution in [0.3, 0.4) is 0 Å². The average Bonchev–Trinajstić information content (AvgIpc) is 2.37. The zero-order valence-corrected chi connectivity index (χ0v) is 14.1. The van der Waals surface area contributed by atoms with Crippen molar-refractivity contribution in [2.24, 2.45) is 5.41 Å². The van der Waals surface area contributed by atoms with E-state index in [1.165, 1.54) is 12.0 Å². The largest absolute Gasteiger partial charge is 0.310 e. The van der Waals surface area contributed by atoms with E-state index >= 15 is 0 Å². The maximum absolute atomic E-state index is 4.38. The molecule has 0 amide bonds. The van der Waals surface area contributed by atoms with Gasteiger partial charge in [-0.25, -0.2) is 0 Å². The Morgan fingerprint density at radius 3 is 2.45 bits per heavy atom. The summed E-state index contributed by atoms with van der Waals surface area (Å²) in [5.41, 5.74) is 3.86. The van der Waals surface area contributed by atoms with Gasteiger partial charge < -0.3 is 5.32 Å². The summed E-state index contributed by atoms with van der Waals surface area (Å²) in [6.07, 6.45) is 4.47. The van der Waals surface area contributed by atoms with Crippen molar-refractivity contribution in [3.8, 4) is 0 Å². The summed E-state index contributed by atoms with van der Waals surface area (Å²) in [7, 11) is 0. The first-order valence-corrected chi connectivity index (χ1v) is 7.94. The van der Waals surface area contributed by atoms with Gasteiger partial charge in [0.15, 0.2) is 0 Å². The molecule has 0 bridgehead atoms. The molecule has 0 fully saturated rings. The van der Waals surface area contributed by atoms with E-state index in [9.17, 15) is 0 Å². The van der Waals surface area contributed by atoms with Crippen molar-refractivity contribution >= 4 is 0 Å².